The van der Waals surface area contributed by atoms with Crippen molar-refractivity contribution >= 4 is 29.1 Å². The molecule has 146 valence electrons. The number of benzene rings is 3. The minimum absolute atomic E-state index is 0.280. The van der Waals surface area contributed by atoms with Crippen LogP contribution >= 0.6 is 0 Å². The summed E-state index contributed by atoms with van der Waals surface area (Å²) in [5.41, 5.74) is 8.08. The fourth-order valence-corrected chi connectivity index (χ4v) is 3.01. The van der Waals surface area contributed by atoms with Gasteiger partial charge in [-0.2, -0.15) is 0 Å². The summed E-state index contributed by atoms with van der Waals surface area (Å²) in [4.78, 5) is 38.6. The van der Waals surface area contributed by atoms with E-state index in [1.54, 1.807) is 12.1 Å². The molecular weight excluding hydrogens is 366 g/mol. The zero-order chi connectivity index (χ0) is 20.8. The average Bonchev–Trinajstić information content (AvgIpc) is 2.74. The van der Waals surface area contributed by atoms with E-state index >= 15 is 0 Å². The molecule has 0 aromatic heterocycles. The van der Waals surface area contributed by atoms with Crippen molar-refractivity contribution < 1.29 is 14.4 Å². The van der Waals surface area contributed by atoms with Gasteiger partial charge in [-0.25, -0.2) is 4.90 Å². The maximum absolute atomic E-state index is 12.8. The van der Waals surface area contributed by atoms with Crippen molar-refractivity contribution in [3.05, 3.63) is 96.1 Å². The highest BCUT2D eigenvalue weighted by Crippen LogP contribution is 2.22. The molecule has 0 aliphatic heterocycles. The van der Waals surface area contributed by atoms with Crippen LogP contribution in [-0.2, 0) is 14.4 Å². The van der Waals surface area contributed by atoms with Crippen LogP contribution in [-0.4, -0.2) is 17.7 Å². The minimum Gasteiger partial charge on any atom is -0.399 e. The second-order valence-electron chi connectivity index (χ2n) is 6.48. The molecule has 3 aromatic rings. The van der Waals surface area contributed by atoms with E-state index in [0.29, 0.717) is 5.69 Å². The molecule has 0 heterocycles. The maximum Gasteiger partial charge on any atom is 0.323 e. The summed E-state index contributed by atoms with van der Waals surface area (Å²) in [5, 5.41) is 2.76. The zero-order valence-corrected chi connectivity index (χ0v) is 15.9. The van der Waals surface area contributed by atoms with Crippen LogP contribution < -0.4 is 16.0 Å². The molecule has 0 bridgehead atoms. The number of nitrogens with one attached hydrogen (secondary N) is 1. The van der Waals surface area contributed by atoms with E-state index in [4.69, 9.17) is 5.73 Å². The fraction of sp³-hybridized carbons (Fsp3) is 0.0870. The molecule has 6 heteroatoms. The first kappa shape index (κ1) is 19.8. The van der Waals surface area contributed by atoms with Gasteiger partial charge in [-0.3, -0.25) is 14.4 Å². The third-order valence-corrected chi connectivity index (χ3v) is 4.40. The van der Waals surface area contributed by atoms with E-state index in [-0.39, 0.29) is 5.69 Å². The Morgan fingerprint density at radius 2 is 1.28 bits per heavy atom. The van der Waals surface area contributed by atoms with Gasteiger partial charge in [0.2, 0.25) is 5.91 Å². The lowest BCUT2D eigenvalue weighted by Gasteiger charge is -2.23. The van der Waals surface area contributed by atoms with Gasteiger partial charge in [0.25, 0.3) is 0 Å². The molecule has 0 radical (unpaired) electrons. The van der Waals surface area contributed by atoms with Gasteiger partial charge in [0, 0.05) is 12.6 Å². The number of carbonyl (C=O) groups is 3. The topological polar surface area (TPSA) is 92.5 Å². The van der Waals surface area contributed by atoms with Crippen molar-refractivity contribution in [1.82, 2.24) is 5.32 Å². The summed E-state index contributed by atoms with van der Waals surface area (Å²) in [7, 11) is 0. The van der Waals surface area contributed by atoms with Crippen molar-refractivity contribution in [2.75, 3.05) is 10.6 Å². The monoisotopic (exact) mass is 387 g/mol. The number of amides is 3. The molecule has 3 N–H and O–H groups in total. The predicted octanol–water partition coefficient (Wildman–Crippen LogP) is 3.05. The first-order valence-electron chi connectivity index (χ1n) is 9.08. The third-order valence-electron chi connectivity index (χ3n) is 4.40. The molecule has 3 aromatic carbocycles. The van der Waals surface area contributed by atoms with Gasteiger partial charge in [-0.05, 0) is 35.4 Å². The van der Waals surface area contributed by atoms with E-state index in [9.17, 15) is 14.4 Å². The van der Waals surface area contributed by atoms with Gasteiger partial charge in [0.15, 0.2) is 0 Å². The summed E-state index contributed by atoms with van der Waals surface area (Å²) in [6.45, 7) is 1.23. The Balaban J connectivity index is 1.89. The Morgan fingerprint density at radius 1 is 0.793 bits per heavy atom. The van der Waals surface area contributed by atoms with Crippen LogP contribution in [0.1, 0.15) is 24.1 Å². The Morgan fingerprint density at radius 3 is 1.72 bits per heavy atom. The van der Waals surface area contributed by atoms with Gasteiger partial charge in [-0.1, -0.05) is 60.7 Å². The maximum atomic E-state index is 12.8. The molecule has 0 spiro atoms. The van der Waals surface area contributed by atoms with Gasteiger partial charge in [0.05, 0.1) is 11.7 Å². The lowest BCUT2D eigenvalue weighted by molar-refractivity contribution is -0.139. The number of imide groups is 1. The van der Waals surface area contributed by atoms with Crippen LogP contribution in [0.25, 0.3) is 0 Å². The van der Waals surface area contributed by atoms with Crippen molar-refractivity contribution in [2.24, 2.45) is 0 Å². The van der Waals surface area contributed by atoms with Crippen molar-refractivity contribution in [1.29, 1.82) is 0 Å². The lowest BCUT2D eigenvalue weighted by Crippen LogP contribution is -2.46. The van der Waals surface area contributed by atoms with E-state index in [0.717, 1.165) is 16.0 Å². The van der Waals surface area contributed by atoms with Crippen LogP contribution in [0, 0.1) is 0 Å². The molecule has 3 amide bonds. The van der Waals surface area contributed by atoms with Gasteiger partial charge >= 0.3 is 11.8 Å². The molecule has 0 aliphatic carbocycles. The van der Waals surface area contributed by atoms with E-state index in [2.05, 4.69) is 5.32 Å². The standard InChI is InChI=1S/C23H21N3O3/c1-16(27)26(20-14-12-19(24)13-15-20)23(29)22(28)25-21(17-8-4-2-5-9-17)18-10-6-3-7-11-18/h2-15,21H,24H2,1H3,(H,25,28). The first-order chi connectivity index (χ1) is 14.0. The number of nitrogen functional groups attached to an aromatic ring is 1. The van der Waals surface area contributed by atoms with Gasteiger partial charge < -0.3 is 11.1 Å². The van der Waals surface area contributed by atoms with Gasteiger partial charge in [-0.15, -0.1) is 0 Å². The highest BCUT2D eigenvalue weighted by Gasteiger charge is 2.29. The number of nitrogens with zero attached hydrogens (tertiary/aromatic N) is 1. The number of nitrogens with two attached hydrogens (primary N) is 1. The lowest BCUT2D eigenvalue weighted by atomic mass is 9.98. The Bertz CT molecular complexity index is 963. The summed E-state index contributed by atoms with van der Waals surface area (Å²) >= 11 is 0. The van der Waals surface area contributed by atoms with Crippen LogP contribution in [0.2, 0.25) is 0 Å². The molecule has 3 rings (SSSR count). The van der Waals surface area contributed by atoms with E-state index < -0.39 is 23.8 Å². The quantitative estimate of drug-likeness (QED) is 0.532. The minimum atomic E-state index is -0.959. The second kappa shape index (κ2) is 8.84. The van der Waals surface area contributed by atoms with Crippen LogP contribution in [0.5, 0.6) is 0 Å². The SMILES string of the molecule is CC(=O)N(C(=O)C(=O)NC(c1ccccc1)c1ccccc1)c1ccc(N)cc1. The number of hydrogen-bond acceptors (Lipinski definition) is 4. The molecule has 0 fully saturated rings. The molecule has 0 unspecified atom stereocenters. The van der Waals surface area contributed by atoms with Crippen molar-refractivity contribution in [3.63, 3.8) is 0 Å². The Kier molecular flexibility index (Phi) is 6.04. The summed E-state index contributed by atoms with van der Waals surface area (Å²) < 4.78 is 0. The number of anilines is 2. The van der Waals surface area contributed by atoms with Crippen molar-refractivity contribution in [2.45, 2.75) is 13.0 Å². The molecule has 0 saturated heterocycles. The molecular formula is C23H21N3O3. The highest BCUT2D eigenvalue weighted by atomic mass is 16.2. The molecule has 0 atom stereocenters. The predicted molar refractivity (Wildman–Crippen MR) is 112 cm³/mol. The summed E-state index contributed by atoms with van der Waals surface area (Å²) in [6.07, 6.45) is 0. The zero-order valence-electron chi connectivity index (χ0n) is 15.9. The Hall–Kier alpha value is -3.93. The van der Waals surface area contributed by atoms with Crippen LogP contribution in [0.15, 0.2) is 84.9 Å². The van der Waals surface area contributed by atoms with Crippen LogP contribution in [0.3, 0.4) is 0 Å². The molecule has 0 saturated carbocycles. The summed E-state index contributed by atoms with van der Waals surface area (Å²) in [5.74, 6) is -2.40. The fourth-order valence-electron chi connectivity index (χ4n) is 3.01. The molecule has 6 nitrogen and oxygen atoms in total. The summed E-state index contributed by atoms with van der Waals surface area (Å²) in [6, 6.07) is 24.3. The molecule has 0 aliphatic rings. The number of carbonyl (C=O) groups excluding carboxylic acids is 3. The van der Waals surface area contributed by atoms with Gasteiger partial charge in [0.1, 0.15) is 0 Å². The Labute approximate surface area is 169 Å². The van der Waals surface area contributed by atoms with E-state index in [1.807, 2.05) is 60.7 Å². The smallest absolute Gasteiger partial charge is 0.323 e. The third kappa shape index (κ3) is 4.68. The van der Waals surface area contributed by atoms with Crippen LogP contribution in [0.4, 0.5) is 11.4 Å². The molecule has 29 heavy (non-hydrogen) atoms. The van der Waals surface area contributed by atoms with Crippen molar-refractivity contribution in [3.8, 4) is 0 Å². The highest BCUT2D eigenvalue weighted by molar-refractivity contribution is 6.45. The first-order valence-corrected chi connectivity index (χ1v) is 9.08. The second-order valence-corrected chi connectivity index (χ2v) is 6.48. The van der Waals surface area contributed by atoms with E-state index in [1.165, 1.54) is 19.1 Å². The number of rotatable bonds is 4. The normalized spacial score (nSPS) is 10.4. The number of hydrogen-bond donors (Lipinski definition) is 2. The average molecular weight is 387 g/mol. The largest absolute Gasteiger partial charge is 0.399 e.